The Hall–Kier alpha value is -0.920. The smallest absolute Gasteiger partial charge is 0.152 e. The van der Waals surface area contributed by atoms with Crippen LogP contribution in [-0.4, -0.2) is 49.0 Å². The molecule has 3 atom stereocenters. The van der Waals surface area contributed by atoms with Crippen molar-refractivity contribution in [1.82, 2.24) is 15.1 Å². The summed E-state index contributed by atoms with van der Waals surface area (Å²) in [5.74, 6) is 0.973. The molecule has 1 aromatic rings. The molecule has 0 aliphatic carbocycles. The first-order valence-corrected chi connectivity index (χ1v) is 11.0. The number of ether oxygens (including phenoxy) is 1. The average molecular weight is 370 g/mol. The second-order valence-electron chi connectivity index (χ2n) is 8.97. The summed E-state index contributed by atoms with van der Waals surface area (Å²) in [6.45, 7) is 11.2. The quantitative estimate of drug-likeness (QED) is 0.859. The molecule has 0 saturated carbocycles. The van der Waals surface area contributed by atoms with Crippen LogP contribution in [0.1, 0.15) is 46.1 Å². The van der Waals surface area contributed by atoms with Gasteiger partial charge in [-0.05, 0) is 25.2 Å². The Bertz CT molecular complexity index is 707. The first-order valence-electron chi connectivity index (χ1n) is 9.16. The van der Waals surface area contributed by atoms with Crippen LogP contribution in [0.15, 0.2) is 12.4 Å². The van der Waals surface area contributed by atoms with Crippen molar-refractivity contribution >= 4 is 9.84 Å². The van der Waals surface area contributed by atoms with Gasteiger partial charge in [0.1, 0.15) is 0 Å². The van der Waals surface area contributed by atoms with Crippen LogP contribution in [0.5, 0.6) is 0 Å². The third-order valence-corrected chi connectivity index (χ3v) is 7.36. The van der Waals surface area contributed by atoms with Crippen molar-refractivity contribution in [3.05, 3.63) is 18.0 Å². The highest BCUT2D eigenvalue weighted by Gasteiger charge is 2.40. The lowest BCUT2D eigenvalue weighted by Gasteiger charge is -2.31. The van der Waals surface area contributed by atoms with E-state index >= 15 is 0 Å². The zero-order valence-corrected chi connectivity index (χ0v) is 16.6. The van der Waals surface area contributed by atoms with E-state index in [0.717, 1.165) is 31.7 Å². The van der Waals surface area contributed by atoms with Crippen LogP contribution >= 0.6 is 0 Å². The molecule has 0 amide bonds. The number of nitrogens with one attached hydrogen (secondary N) is 1. The van der Waals surface area contributed by atoms with Crippen molar-refractivity contribution in [2.45, 2.75) is 58.7 Å². The molecule has 0 unspecified atom stereocenters. The number of nitrogens with zero attached hydrogens (tertiary/aromatic N) is 2. The van der Waals surface area contributed by atoms with Gasteiger partial charge in [-0.3, -0.25) is 4.68 Å². The number of aromatic nitrogens is 2. The Balaban J connectivity index is 1.54. The Morgan fingerprint density at radius 3 is 2.84 bits per heavy atom. The van der Waals surface area contributed by atoms with Crippen molar-refractivity contribution in [1.29, 1.82) is 0 Å². The van der Waals surface area contributed by atoms with E-state index in [2.05, 4.69) is 31.2 Å². The van der Waals surface area contributed by atoms with E-state index in [0.29, 0.717) is 18.4 Å². The summed E-state index contributed by atoms with van der Waals surface area (Å²) in [5.41, 5.74) is 0.848. The van der Waals surface area contributed by atoms with Crippen LogP contribution in [0, 0.1) is 11.3 Å². The van der Waals surface area contributed by atoms with Crippen molar-refractivity contribution in [3.63, 3.8) is 0 Å². The highest BCUT2D eigenvalue weighted by atomic mass is 32.2. The van der Waals surface area contributed by atoms with Gasteiger partial charge >= 0.3 is 0 Å². The van der Waals surface area contributed by atoms with Crippen LogP contribution in [-0.2, 0) is 26.7 Å². The maximum absolute atomic E-state index is 11.8. The fourth-order valence-corrected chi connectivity index (χ4v) is 6.24. The Morgan fingerprint density at radius 1 is 1.44 bits per heavy atom. The summed E-state index contributed by atoms with van der Waals surface area (Å²) < 4.78 is 31.3. The molecule has 1 N–H and O–H groups in total. The van der Waals surface area contributed by atoms with Gasteiger partial charge in [0.15, 0.2) is 9.84 Å². The molecule has 0 bridgehead atoms. The summed E-state index contributed by atoms with van der Waals surface area (Å²) in [6.07, 6.45) is 5.86. The molecule has 2 aliphatic rings. The van der Waals surface area contributed by atoms with E-state index in [1.807, 2.05) is 24.0 Å². The average Bonchev–Trinajstić information content (AvgIpc) is 3.18. The van der Waals surface area contributed by atoms with E-state index in [9.17, 15) is 8.42 Å². The van der Waals surface area contributed by atoms with E-state index < -0.39 is 15.4 Å². The monoisotopic (exact) mass is 369 g/mol. The summed E-state index contributed by atoms with van der Waals surface area (Å²) >= 11 is 0. The summed E-state index contributed by atoms with van der Waals surface area (Å²) in [7, 11) is -2.93. The Morgan fingerprint density at radius 2 is 2.20 bits per heavy atom. The van der Waals surface area contributed by atoms with E-state index in [4.69, 9.17) is 4.74 Å². The van der Waals surface area contributed by atoms with Gasteiger partial charge in [-0.25, -0.2) is 8.42 Å². The van der Waals surface area contributed by atoms with Gasteiger partial charge in [0.05, 0.1) is 29.3 Å². The van der Waals surface area contributed by atoms with E-state index in [1.165, 1.54) is 0 Å². The first-order chi connectivity index (χ1) is 11.6. The topological polar surface area (TPSA) is 73.2 Å². The van der Waals surface area contributed by atoms with Crippen LogP contribution in [0.4, 0.5) is 0 Å². The van der Waals surface area contributed by atoms with Crippen molar-refractivity contribution in [2.24, 2.45) is 11.3 Å². The molecule has 2 fully saturated rings. The molecule has 7 heteroatoms. The molecule has 0 aromatic carbocycles. The highest BCUT2D eigenvalue weighted by molar-refractivity contribution is 7.91. The molecule has 3 rings (SSSR count). The van der Waals surface area contributed by atoms with E-state index in [-0.39, 0.29) is 16.9 Å². The fourth-order valence-electron chi connectivity index (χ4n) is 4.12. The molecule has 2 saturated heterocycles. The number of hydrogen-bond acceptors (Lipinski definition) is 5. The second-order valence-corrected chi connectivity index (χ2v) is 11.2. The number of sulfone groups is 1. The van der Waals surface area contributed by atoms with Gasteiger partial charge in [-0.2, -0.15) is 5.10 Å². The molecular weight excluding hydrogens is 338 g/mol. The molecular formula is C18H31N3O3S. The third kappa shape index (κ3) is 4.26. The summed E-state index contributed by atoms with van der Waals surface area (Å²) in [5, 5.41) is 7.95. The maximum Gasteiger partial charge on any atom is 0.152 e. The SMILES string of the molecule is CC(C)(C)[C@H]1OCC[C@@H]1CNCc1cnn([C@@]2(C)CCS(=O)(=O)C2)c1. The minimum atomic E-state index is -2.93. The maximum atomic E-state index is 11.8. The minimum Gasteiger partial charge on any atom is -0.377 e. The van der Waals surface area contributed by atoms with Gasteiger partial charge < -0.3 is 10.1 Å². The molecule has 1 aromatic heterocycles. The van der Waals surface area contributed by atoms with Crippen LogP contribution in [0.25, 0.3) is 0 Å². The molecule has 25 heavy (non-hydrogen) atoms. The van der Waals surface area contributed by atoms with Crippen molar-refractivity contribution in [2.75, 3.05) is 24.7 Å². The lowest BCUT2D eigenvalue weighted by molar-refractivity contribution is 0.00721. The predicted molar refractivity (Wildman–Crippen MR) is 98.2 cm³/mol. The molecule has 0 spiro atoms. The first kappa shape index (κ1) is 18.9. The fraction of sp³-hybridized carbons (Fsp3) is 0.833. The van der Waals surface area contributed by atoms with Crippen LogP contribution < -0.4 is 5.32 Å². The minimum absolute atomic E-state index is 0.163. The number of rotatable bonds is 5. The standard InChI is InChI=1S/C18H31N3O3S/c1-17(2,3)16-15(5-7-24-16)11-19-9-14-10-20-21(12-14)18(4)6-8-25(22,23)13-18/h10,12,15-16,19H,5-9,11,13H2,1-4H3/t15-,16+,18+/m1/s1. The Labute approximate surface area is 151 Å². The van der Waals surface area contributed by atoms with Gasteiger partial charge in [-0.1, -0.05) is 20.8 Å². The Kier molecular flexibility index (Phi) is 5.03. The lowest BCUT2D eigenvalue weighted by Crippen LogP contribution is -2.36. The molecule has 0 radical (unpaired) electrons. The van der Waals surface area contributed by atoms with Crippen LogP contribution in [0.3, 0.4) is 0 Å². The van der Waals surface area contributed by atoms with Gasteiger partial charge in [0, 0.05) is 37.4 Å². The predicted octanol–water partition coefficient (Wildman–Crippen LogP) is 1.96. The van der Waals surface area contributed by atoms with Crippen molar-refractivity contribution < 1.29 is 13.2 Å². The largest absolute Gasteiger partial charge is 0.377 e. The second kappa shape index (κ2) is 6.67. The van der Waals surface area contributed by atoms with Crippen molar-refractivity contribution in [3.8, 4) is 0 Å². The number of hydrogen-bond donors (Lipinski definition) is 1. The normalized spacial score (nSPS) is 32.3. The lowest BCUT2D eigenvalue weighted by atomic mass is 9.81. The molecule has 3 heterocycles. The summed E-state index contributed by atoms with van der Waals surface area (Å²) in [4.78, 5) is 0. The zero-order valence-electron chi connectivity index (χ0n) is 15.8. The van der Waals surface area contributed by atoms with Gasteiger partial charge in [0.2, 0.25) is 0 Å². The molecule has 2 aliphatic heterocycles. The highest BCUT2D eigenvalue weighted by Crippen LogP contribution is 2.34. The third-order valence-electron chi connectivity index (χ3n) is 5.48. The van der Waals surface area contributed by atoms with E-state index in [1.54, 1.807) is 0 Å². The van der Waals surface area contributed by atoms with Gasteiger partial charge in [-0.15, -0.1) is 0 Å². The molecule has 142 valence electrons. The van der Waals surface area contributed by atoms with Gasteiger partial charge in [0.25, 0.3) is 0 Å². The zero-order chi connectivity index (χ0) is 18.3. The summed E-state index contributed by atoms with van der Waals surface area (Å²) in [6, 6.07) is 0. The van der Waals surface area contributed by atoms with Crippen LogP contribution in [0.2, 0.25) is 0 Å². The molecule has 6 nitrogen and oxygen atoms in total.